The van der Waals surface area contributed by atoms with E-state index in [-0.39, 0.29) is 5.91 Å². The van der Waals surface area contributed by atoms with Gasteiger partial charge in [0, 0.05) is 12.6 Å². The quantitative estimate of drug-likeness (QED) is 0.841. The first-order valence-electron chi connectivity index (χ1n) is 6.38. The molecule has 0 aliphatic carbocycles. The van der Waals surface area contributed by atoms with Gasteiger partial charge in [0.05, 0.1) is 12.8 Å². The van der Waals surface area contributed by atoms with Crippen molar-refractivity contribution in [3.05, 3.63) is 54.1 Å². The Morgan fingerprint density at radius 2 is 1.80 bits per heavy atom. The second-order valence-electron chi connectivity index (χ2n) is 4.60. The lowest BCUT2D eigenvalue weighted by molar-refractivity contribution is -0.126. The van der Waals surface area contributed by atoms with Gasteiger partial charge in [-0.1, -0.05) is 30.3 Å². The van der Waals surface area contributed by atoms with E-state index >= 15 is 0 Å². The zero-order valence-electron chi connectivity index (χ0n) is 11.4. The molecule has 0 spiro atoms. The Morgan fingerprint density at radius 1 is 1.10 bits per heavy atom. The second kappa shape index (κ2) is 4.89. The number of para-hydroxylation sites is 3. The molecule has 2 aromatic carbocycles. The van der Waals surface area contributed by atoms with Crippen LogP contribution in [0.25, 0.3) is 0 Å². The summed E-state index contributed by atoms with van der Waals surface area (Å²) in [6.45, 7) is 0. The molecular weight excluding hydrogens is 254 g/mol. The highest BCUT2D eigenvalue weighted by atomic mass is 16.5. The number of carbonyl (C=O) groups excluding carboxylic acids is 1. The van der Waals surface area contributed by atoms with Crippen molar-refractivity contribution in [1.82, 2.24) is 0 Å². The fourth-order valence-electron chi connectivity index (χ4n) is 2.39. The van der Waals surface area contributed by atoms with Crippen LogP contribution in [-0.2, 0) is 4.79 Å². The van der Waals surface area contributed by atoms with Gasteiger partial charge in [-0.3, -0.25) is 4.79 Å². The third-order valence-corrected chi connectivity index (χ3v) is 3.45. The summed E-state index contributed by atoms with van der Waals surface area (Å²) in [7, 11) is 3.34. The number of nitrogens with zero attached hydrogens (tertiary/aromatic N) is 1. The molecule has 0 saturated heterocycles. The molecule has 1 atom stereocenters. The number of likely N-dealkylation sites (N-methyl/N-ethyl adjacent to an activating group) is 1. The summed E-state index contributed by atoms with van der Waals surface area (Å²) in [5, 5.41) is 0. The predicted molar refractivity (Wildman–Crippen MR) is 76.2 cm³/mol. The molecule has 3 rings (SSSR count). The number of anilines is 1. The topological polar surface area (TPSA) is 38.8 Å². The van der Waals surface area contributed by atoms with Gasteiger partial charge >= 0.3 is 0 Å². The summed E-state index contributed by atoms with van der Waals surface area (Å²) < 4.78 is 11.2. The second-order valence-corrected chi connectivity index (χ2v) is 4.60. The molecule has 102 valence electrons. The summed E-state index contributed by atoms with van der Waals surface area (Å²) in [6, 6.07) is 14.9. The van der Waals surface area contributed by atoms with E-state index in [9.17, 15) is 4.79 Å². The number of hydrogen-bond acceptors (Lipinski definition) is 3. The Kier molecular flexibility index (Phi) is 3.06. The lowest BCUT2D eigenvalue weighted by Gasteiger charge is -2.32. The molecular formula is C16H15NO3. The molecule has 0 fully saturated rings. The van der Waals surface area contributed by atoms with E-state index in [1.165, 1.54) is 0 Å². The summed E-state index contributed by atoms with van der Waals surface area (Å²) in [5.41, 5.74) is 1.52. The van der Waals surface area contributed by atoms with Crippen molar-refractivity contribution in [2.45, 2.75) is 6.10 Å². The molecule has 4 nitrogen and oxygen atoms in total. The highest BCUT2D eigenvalue weighted by Crippen LogP contribution is 2.39. The van der Waals surface area contributed by atoms with Crippen LogP contribution in [0.4, 0.5) is 5.69 Å². The Hall–Kier alpha value is -2.49. The molecule has 4 heteroatoms. The molecule has 0 N–H and O–H groups in total. The van der Waals surface area contributed by atoms with E-state index in [4.69, 9.17) is 9.47 Å². The van der Waals surface area contributed by atoms with Crippen molar-refractivity contribution >= 4 is 11.6 Å². The van der Waals surface area contributed by atoms with E-state index in [1.54, 1.807) is 19.1 Å². The molecule has 1 heterocycles. The molecule has 2 aromatic rings. The molecule has 0 aromatic heterocycles. The number of carbonyl (C=O) groups is 1. The lowest BCUT2D eigenvalue weighted by Crippen LogP contribution is -2.38. The van der Waals surface area contributed by atoms with E-state index in [0.717, 1.165) is 11.3 Å². The molecule has 0 saturated carbocycles. The summed E-state index contributed by atoms with van der Waals surface area (Å²) >= 11 is 0. The number of benzene rings is 2. The maximum absolute atomic E-state index is 12.5. The monoisotopic (exact) mass is 269 g/mol. The maximum Gasteiger partial charge on any atom is 0.272 e. The summed E-state index contributed by atoms with van der Waals surface area (Å²) in [4.78, 5) is 14.1. The molecule has 0 bridgehead atoms. The van der Waals surface area contributed by atoms with Gasteiger partial charge in [0.2, 0.25) is 6.10 Å². The standard InChI is InChI=1S/C16H15NO3/c1-17-12-8-4-6-10-14(12)20-15(16(17)18)11-7-3-5-9-13(11)19-2/h3-10,15H,1-2H3. The van der Waals surface area contributed by atoms with Gasteiger partial charge in [0.1, 0.15) is 11.5 Å². The van der Waals surface area contributed by atoms with Crippen molar-refractivity contribution in [3.8, 4) is 11.5 Å². The van der Waals surface area contributed by atoms with Gasteiger partial charge in [-0.25, -0.2) is 0 Å². The minimum absolute atomic E-state index is 0.104. The van der Waals surface area contributed by atoms with Crippen LogP contribution in [-0.4, -0.2) is 20.1 Å². The average molecular weight is 269 g/mol. The van der Waals surface area contributed by atoms with Crippen LogP contribution in [0.2, 0.25) is 0 Å². The number of methoxy groups -OCH3 is 1. The first-order valence-corrected chi connectivity index (χ1v) is 6.38. The molecule has 1 aliphatic heterocycles. The highest BCUT2D eigenvalue weighted by molar-refractivity contribution is 6.00. The number of fused-ring (bicyclic) bond motifs is 1. The zero-order valence-corrected chi connectivity index (χ0v) is 11.4. The average Bonchev–Trinajstić information content (AvgIpc) is 2.51. The van der Waals surface area contributed by atoms with E-state index in [0.29, 0.717) is 11.5 Å². The molecule has 0 radical (unpaired) electrons. The molecule has 1 amide bonds. The Bertz CT molecular complexity index is 654. The first-order chi connectivity index (χ1) is 9.72. The minimum Gasteiger partial charge on any atom is -0.496 e. The normalized spacial score (nSPS) is 17.4. The molecule has 1 unspecified atom stereocenters. The van der Waals surface area contributed by atoms with E-state index in [2.05, 4.69) is 0 Å². The Labute approximate surface area is 117 Å². The van der Waals surface area contributed by atoms with E-state index in [1.807, 2.05) is 48.5 Å². The van der Waals surface area contributed by atoms with Gasteiger partial charge in [-0.05, 0) is 18.2 Å². The van der Waals surface area contributed by atoms with Crippen molar-refractivity contribution in [3.63, 3.8) is 0 Å². The zero-order chi connectivity index (χ0) is 14.1. The molecule has 20 heavy (non-hydrogen) atoms. The minimum atomic E-state index is -0.675. The third kappa shape index (κ3) is 1.90. The molecule has 1 aliphatic rings. The maximum atomic E-state index is 12.5. The van der Waals surface area contributed by atoms with Crippen molar-refractivity contribution in [2.24, 2.45) is 0 Å². The number of amides is 1. The van der Waals surface area contributed by atoms with Gasteiger partial charge in [-0.15, -0.1) is 0 Å². The van der Waals surface area contributed by atoms with Crippen LogP contribution in [0.1, 0.15) is 11.7 Å². The van der Waals surface area contributed by atoms with Crippen LogP contribution in [0.3, 0.4) is 0 Å². The van der Waals surface area contributed by atoms with Crippen molar-refractivity contribution in [2.75, 3.05) is 19.1 Å². The van der Waals surface area contributed by atoms with Crippen LogP contribution in [0.15, 0.2) is 48.5 Å². The largest absolute Gasteiger partial charge is 0.496 e. The third-order valence-electron chi connectivity index (χ3n) is 3.45. The summed E-state index contributed by atoms with van der Waals surface area (Å²) in [6.07, 6.45) is -0.675. The van der Waals surface area contributed by atoms with Gasteiger partial charge in [-0.2, -0.15) is 0 Å². The number of rotatable bonds is 2. The summed E-state index contributed by atoms with van der Waals surface area (Å²) in [5.74, 6) is 1.25. The van der Waals surface area contributed by atoms with Crippen LogP contribution in [0, 0.1) is 0 Å². The number of ether oxygens (including phenoxy) is 2. The fraction of sp³-hybridized carbons (Fsp3) is 0.188. The SMILES string of the molecule is COc1ccccc1C1Oc2ccccc2N(C)C1=O. The Balaban J connectivity index is 2.06. The fourth-order valence-corrected chi connectivity index (χ4v) is 2.39. The first kappa shape index (κ1) is 12.5. The van der Waals surface area contributed by atoms with Crippen LogP contribution in [0.5, 0.6) is 11.5 Å². The smallest absolute Gasteiger partial charge is 0.272 e. The van der Waals surface area contributed by atoms with Crippen molar-refractivity contribution < 1.29 is 14.3 Å². The Morgan fingerprint density at radius 3 is 2.60 bits per heavy atom. The van der Waals surface area contributed by atoms with Gasteiger partial charge in [0.15, 0.2) is 0 Å². The van der Waals surface area contributed by atoms with Crippen LogP contribution < -0.4 is 14.4 Å². The predicted octanol–water partition coefficient (Wildman–Crippen LogP) is 2.79. The van der Waals surface area contributed by atoms with Gasteiger partial charge in [0.25, 0.3) is 5.91 Å². The van der Waals surface area contributed by atoms with E-state index < -0.39 is 6.10 Å². The lowest BCUT2D eigenvalue weighted by atomic mass is 10.0. The number of hydrogen-bond donors (Lipinski definition) is 0. The van der Waals surface area contributed by atoms with Gasteiger partial charge < -0.3 is 14.4 Å². The highest BCUT2D eigenvalue weighted by Gasteiger charge is 2.34. The van der Waals surface area contributed by atoms with Crippen molar-refractivity contribution in [1.29, 1.82) is 0 Å². The van der Waals surface area contributed by atoms with Crippen LogP contribution >= 0.6 is 0 Å².